The van der Waals surface area contributed by atoms with Gasteiger partial charge in [-0.15, -0.1) is 0 Å². The summed E-state index contributed by atoms with van der Waals surface area (Å²) in [4.78, 5) is 38.7. The molecule has 1 amide bonds. The van der Waals surface area contributed by atoms with Crippen LogP contribution in [0.25, 0.3) is 22.3 Å². The van der Waals surface area contributed by atoms with E-state index in [-0.39, 0.29) is 13.1 Å². The van der Waals surface area contributed by atoms with Gasteiger partial charge in [-0.3, -0.25) is 14.7 Å². The highest BCUT2D eigenvalue weighted by atomic mass is 19.4. The van der Waals surface area contributed by atoms with E-state index < -0.39 is 18.5 Å². The minimum absolute atomic E-state index is 0.284. The molecular weight excluding hydrogens is 537 g/mol. The number of pyridine rings is 1. The molecule has 1 N–H and O–H groups in total. The number of fused-ring (bicyclic) bond motifs is 1. The van der Waals surface area contributed by atoms with E-state index in [1.165, 1.54) is 12.0 Å². The summed E-state index contributed by atoms with van der Waals surface area (Å²) in [6.07, 6.45) is -3.63. The molecule has 0 saturated carbocycles. The SMILES string of the molecule is COc1nc(-c2ccc3nc(Cc4cc(CN5CCN(C(=O)CC(F)(F)F)CC5)ccn4)[nH]c3c2)cc(N(C)C)n1. The zero-order chi connectivity index (χ0) is 29.1. The predicted octanol–water partition coefficient (Wildman–Crippen LogP) is 3.68. The Morgan fingerprint density at radius 3 is 2.54 bits per heavy atom. The number of aromatic amines is 1. The summed E-state index contributed by atoms with van der Waals surface area (Å²) in [5.41, 5.74) is 5.22. The van der Waals surface area contributed by atoms with E-state index in [2.05, 4.69) is 24.8 Å². The molecule has 5 rings (SSSR count). The Morgan fingerprint density at radius 1 is 1.05 bits per heavy atom. The fourth-order valence-corrected chi connectivity index (χ4v) is 4.78. The number of imidazole rings is 1. The normalized spacial score (nSPS) is 14.4. The van der Waals surface area contributed by atoms with Crippen LogP contribution in [-0.2, 0) is 17.8 Å². The highest BCUT2D eigenvalue weighted by molar-refractivity contribution is 5.81. The van der Waals surface area contributed by atoms with Crippen LogP contribution in [0.15, 0.2) is 42.6 Å². The number of ether oxygens (including phenoxy) is 1. The van der Waals surface area contributed by atoms with Crippen LogP contribution < -0.4 is 9.64 Å². The van der Waals surface area contributed by atoms with E-state index in [4.69, 9.17) is 9.72 Å². The van der Waals surface area contributed by atoms with Gasteiger partial charge < -0.3 is 19.5 Å². The molecule has 0 spiro atoms. The fraction of sp³-hybridized carbons (Fsp3) is 0.393. The van der Waals surface area contributed by atoms with Gasteiger partial charge in [-0.05, 0) is 29.8 Å². The van der Waals surface area contributed by atoms with Gasteiger partial charge in [0.25, 0.3) is 0 Å². The largest absolute Gasteiger partial charge is 0.467 e. The molecule has 0 bridgehead atoms. The number of amides is 1. The molecule has 1 fully saturated rings. The number of methoxy groups -OCH3 is 1. The first-order valence-corrected chi connectivity index (χ1v) is 13.2. The molecule has 4 aromatic rings. The molecule has 1 aliphatic heterocycles. The van der Waals surface area contributed by atoms with Gasteiger partial charge in [-0.2, -0.15) is 23.1 Å². The molecule has 1 saturated heterocycles. The molecule has 1 aliphatic rings. The van der Waals surface area contributed by atoms with E-state index >= 15 is 0 Å². The van der Waals surface area contributed by atoms with Gasteiger partial charge in [-0.1, -0.05) is 6.07 Å². The van der Waals surface area contributed by atoms with Gasteiger partial charge in [-0.25, -0.2) is 4.98 Å². The van der Waals surface area contributed by atoms with Crippen molar-refractivity contribution in [3.63, 3.8) is 0 Å². The third-order valence-corrected chi connectivity index (χ3v) is 6.87. The zero-order valence-corrected chi connectivity index (χ0v) is 23.1. The van der Waals surface area contributed by atoms with Crippen molar-refractivity contribution in [3.8, 4) is 17.3 Å². The molecule has 3 aromatic heterocycles. The van der Waals surface area contributed by atoms with Crippen LogP contribution in [0.1, 0.15) is 23.5 Å². The molecule has 0 radical (unpaired) electrons. The van der Waals surface area contributed by atoms with Crippen molar-refractivity contribution in [2.24, 2.45) is 0 Å². The lowest BCUT2D eigenvalue weighted by atomic mass is 10.1. The lowest BCUT2D eigenvalue weighted by Gasteiger charge is -2.35. The van der Waals surface area contributed by atoms with E-state index in [1.54, 1.807) is 6.20 Å². The quantitative estimate of drug-likeness (QED) is 0.344. The van der Waals surface area contributed by atoms with Crippen molar-refractivity contribution in [2.75, 3.05) is 52.3 Å². The number of benzene rings is 1. The Kier molecular flexibility index (Phi) is 8.06. The molecule has 0 unspecified atom stereocenters. The Hall–Kier alpha value is -4.26. The highest BCUT2D eigenvalue weighted by Gasteiger charge is 2.34. The van der Waals surface area contributed by atoms with Crippen molar-refractivity contribution in [3.05, 3.63) is 59.7 Å². The number of halogens is 3. The summed E-state index contributed by atoms with van der Waals surface area (Å²) >= 11 is 0. The van der Waals surface area contributed by atoms with Gasteiger partial charge in [0, 0.05) is 76.8 Å². The van der Waals surface area contributed by atoms with Gasteiger partial charge in [0.15, 0.2) is 0 Å². The first-order valence-electron chi connectivity index (χ1n) is 13.2. The molecule has 1 aromatic carbocycles. The minimum Gasteiger partial charge on any atom is -0.467 e. The van der Waals surface area contributed by atoms with Crippen LogP contribution >= 0.6 is 0 Å². The number of carbonyl (C=O) groups is 1. The van der Waals surface area contributed by atoms with Gasteiger partial charge in [0.2, 0.25) is 5.91 Å². The number of alkyl halides is 3. The average molecular weight is 569 g/mol. The number of carbonyl (C=O) groups excluding carboxylic acids is 1. The minimum atomic E-state index is -4.48. The Bertz CT molecular complexity index is 1530. The van der Waals surface area contributed by atoms with Crippen molar-refractivity contribution in [2.45, 2.75) is 25.6 Å². The monoisotopic (exact) mass is 568 g/mol. The summed E-state index contributed by atoms with van der Waals surface area (Å²) in [5, 5.41) is 0. The van der Waals surface area contributed by atoms with E-state index in [1.807, 2.05) is 55.4 Å². The van der Waals surface area contributed by atoms with Gasteiger partial charge >= 0.3 is 12.2 Å². The van der Waals surface area contributed by atoms with Gasteiger partial charge in [0.05, 0.1) is 23.8 Å². The van der Waals surface area contributed by atoms with Crippen molar-refractivity contribution < 1.29 is 22.7 Å². The molecule has 0 atom stereocenters. The predicted molar refractivity (Wildman–Crippen MR) is 148 cm³/mol. The van der Waals surface area contributed by atoms with E-state index in [0.29, 0.717) is 32.1 Å². The third kappa shape index (κ3) is 7.09. The first kappa shape index (κ1) is 28.3. The van der Waals surface area contributed by atoms with Crippen LogP contribution in [0.4, 0.5) is 19.0 Å². The maximum Gasteiger partial charge on any atom is 0.397 e. The van der Waals surface area contributed by atoms with Crippen LogP contribution in [-0.4, -0.2) is 94.2 Å². The summed E-state index contributed by atoms with van der Waals surface area (Å²) in [6.45, 7) is 2.22. The molecule has 0 aliphatic carbocycles. The first-order chi connectivity index (χ1) is 19.6. The fourth-order valence-electron chi connectivity index (χ4n) is 4.78. The topological polar surface area (TPSA) is 103 Å². The molecule has 13 heteroatoms. The Labute approximate surface area is 235 Å². The van der Waals surface area contributed by atoms with Crippen LogP contribution in [0, 0.1) is 0 Å². The van der Waals surface area contributed by atoms with Crippen LogP contribution in [0.5, 0.6) is 6.01 Å². The van der Waals surface area contributed by atoms with Gasteiger partial charge in [0.1, 0.15) is 18.1 Å². The third-order valence-electron chi connectivity index (χ3n) is 6.87. The molecule has 216 valence electrons. The molecular formula is C28H31F3N8O2. The highest BCUT2D eigenvalue weighted by Crippen LogP contribution is 2.27. The van der Waals surface area contributed by atoms with E-state index in [9.17, 15) is 18.0 Å². The number of anilines is 1. The van der Waals surface area contributed by atoms with Crippen molar-refractivity contribution in [1.82, 2.24) is 34.7 Å². The summed E-state index contributed by atoms with van der Waals surface area (Å²) < 4.78 is 42.9. The smallest absolute Gasteiger partial charge is 0.397 e. The molecule has 10 nitrogen and oxygen atoms in total. The standard InChI is InChI=1S/C28H31F3N8O2/c1-37(2)25-15-22(35-27(36-25)41-3)19-4-5-21-23(13-19)34-24(33-21)14-20-12-18(6-7-32-20)17-38-8-10-39(11-9-38)26(40)16-28(29,30)31/h4-7,12-13,15H,8-11,14,16-17H2,1-3H3,(H,33,34). The summed E-state index contributed by atoms with van der Waals surface area (Å²) in [5.74, 6) is 0.643. The number of hydrogen-bond acceptors (Lipinski definition) is 8. The second-order valence-electron chi connectivity index (χ2n) is 10.2. The van der Waals surface area contributed by atoms with Crippen molar-refractivity contribution in [1.29, 1.82) is 0 Å². The van der Waals surface area contributed by atoms with Crippen molar-refractivity contribution >= 4 is 22.8 Å². The summed E-state index contributed by atoms with van der Waals surface area (Å²) in [7, 11) is 5.35. The number of rotatable bonds is 8. The number of hydrogen-bond donors (Lipinski definition) is 1. The lowest BCUT2D eigenvalue weighted by molar-refractivity contribution is -0.162. The average Bonchev–Trinajstić information content (AvgIpc) is 3.33. The number of aromatic nitrogens is 5. The number of piperazine rings is 1. The zero-order valence-electron chi connectivity index (χ0n) is 23.1. The van der Waals surface area contributed by atoms with Crippen LogP contribution in [0.3, 0.4) is 0 Å². The Balaban J connectivity index is 1.24. The maximum atomic E-state index is 12.6. The maximum absolute atomic E-state index is 12.6. The number of nitrogens with one attached hydrogen (secondary N) is 1. The Morgan fingerprint density at radius 2 is 1.83 bits per heavy atom. The second kappa shape index (κ2) is 11.7. The number of H-pyrrole nitrogens is 1. The van der Waals surface area contributed by atoms with Crippen LogP contribution in [0.2, 0.25) is 0 Å². The van der Waals surface area contributed by atoms with E-state index in [0.717, 1.165) is 45.2 Å². The molecule has 41 heavy (non-hydrogen) atoms. The summed E-state index contributed by atoms with van der Waals surface area (Å²) in [6, 6.07) is 12.0. The second-order valence-corrected chi connectivity index (χ2v) is 10.2. The molecule has 4 heterocycles. The lowest BCUT2D eigenvalue weighted by Crippen LogP contribution is -2.49. The number of nitrogens with zero attached hydrogens (tertiary/aromatic N) is 7.